The summed E-state index contributed by atoms with van der Waals surface area (Å²) in [6, 6.07) is 0. The summed E-state index contributed by atoms with van der Waals surface area (Å²) in [7, 11) is -1.03. The summed E-state index contributed by atoms with van der Waals surface area (Å²) in [4.78, 5) is 7.90. The van der Waals surface area contributed by atoms with Crippen molar-refractivity contribution in [2.24, 2.45) is 0 Å². The van der Waals surface area contributed by atoms with Crippen molar-refractivity contribution in [3.05, 3.63) is 10.6 Å². The number of rotatable bonds is 10. The van der Waals surface area contributed by atoms with Crippen LogP contribution in [0.15, 0.2) is 0 Å². The molecule has 0 spiro atoms. The minimum atomic E-state index is -2.94. The highest BCUT2D eigenvalue weighted by atomic mass is 32.2. The smallest absolute Gasteiger partial charge is 0.185 e. The summed E-state index contributed by atoms with van der Waals surface area (Å²) in [5.74, 6) is 0.162. The van der Waals surface area contributed by atoms with Crippen LogP contribution in [0, 0.1) is 0 Å². The van der Waals surface area contributed by atoms with E-state index in [0.29, 0.717) is 6.54 Å². The van der Waals surface area contributed by atoms with Crippen molar-refractivity contribution < 1.29 is 8.42 Å². The molecule has 0 aromatic carbocycles. The Balaban J connectivity index is 2.75. The van der Waals surface area contributed by atoms with Crippen LogP contribution in [0.4, 0.5) is 5.13 Å². The van der Waals surface area contributed by atoms with Crippen molar-refractivity contribution in [2.75, 3.05) is 37.0 Å². The lowest BCUT2D eigenvalue weighted by atomic mass is 10.2. The lowest BCUT2D eigenvalue weighted by molar-refractivity contribution is 0.601. The maximum absolute atomic E-state index is 11.3. The van der Waals surface area contributed by atoms with Gasteiger partial charge in [0.2, 0.25) is 0 Å². The molecule has 0 fully saturated rings. The zero-order chi connectivity index (χ0) is 15.9. The fourth-order valence-electron chi connectivity index (χ4n) is 1.88. The third-order valence-corrected chi connectivity index (χ3v) is 5.23. The highest BCUT2D eigenvalue weighted by Crippen LogP contribution is 2.26. The zero-order valence-electron chi connectivity index (χ0n) is 13.5. The van der Waals surface area contributed by atoms with Gasteiger partial charge in [0.15, 0.2) is 5.13 Å². The Morgan fingerprint density at radius 3 is 2.57 bits per heavy atom. The van der Waals surface area contributed by atoms with Gasteiger partial charge in [-0.3, -0.25) is 0 Å². The van der Waals surface area contributed by atoms with Gasteiger partial charge in [0.05, 0.1) is 11.4 Å². The van der Waals surface area contributed by atoms with Crippen molar-refractivity contribution in [1.29, 1.82) is 0 Å². The number of hydrogen-bond acceptors (Lipinski definition) is 6. The molecule has 1 aromatic rings. The number of hydrogen-bond donors (Lipinski definition) is 1. The molecule has 0 aliphatic heterocycles. The number of sulfone groups is 1. The Morgan fingerprint density at radius 1 is 1.29 bits per heavy atom. The summed E-state index contributed by atoms with van der Waals surface area (Å²) < 4.78 is 22.5. The monoisotopic (exact) mass is 333 g/mol. The third kappa shape index (κ3) is 6.76. The van der Waals surface area contributed by atoms with Crippen LogP contribution in [0.3, 0.4) is 0 Å². The molecule has 0 saturated carbocycles. The largest absolute Gasteiger partial charge is 0.350 e. The molecule has 7 heteroatoms. The Morgan fingerprint density at radius 2 is 2.00 bits per heavy atom. The van der Waals surface area contributed by atoms with E-state index in [1.54, 1.807) is 11.3 Å². The second-order valence-electron chi connectivity index (χ2n) is 5.34. The molecule has 1 aromatic heterocycles. The van der Waals surface area contributed by atoms with Crippen molar-refractivity contribution in [3.63, 3.8) is 0 Å². The minimum Gasteiger partial charge on any atom is -0.350 e. The molecule has 0 aliphatic carbocycles. The van der Waals surface area contributed by atoms with E-state index in [2.05, 4.69) is 24.1 Å². The predicted octanol–water partition coefficient (Wildman–Crippen LogP) is 2.08. The second-order valence-corrected chi connectivity index (χ2v) is 8.67. The van der Waals surface area contributed by atoms with Crippen LogP contribution < -0.4 is 10.2 Å². The SMILES string of the molecule is CCCNCc1sc(N(C)CCS(C)(=O)=O)nc1CCC. The molecule has 0 unspecified atom stereocenters. The fourth-order valence-corrected chi connectivity index (χ4v) is 3.55. The maximum Gasteiger partial charge on any atom is 0.185 e. The van der Waals surface area contributed by atoms with Crippen molar-refractivity contribution in [2.45, 2.75) is 39.7 Å². The number of aromatic nitrogens is 1. The van der Waals surface area contributed by atoms with Crippen LogP contribution >= 0.6 is 11.3 Å². The first-order chi connectivity index (χ1) is 9.87. The molecule has 1 N–H and O–H groups in total. The van der Waals surface area contributed by atoms with Gasteiger partial charge in [0.1, 0.15) is 9.84 Å². The van der Waals surface area contributed by atoms with Crippen LogP contribution in [0.25, 0.3) is 0 Å². The highest BCUT2D eigenvalue weighted by Gasteiger charge is 2.14. The van der Waals surface area contributed by atoms with Gasteiger partial charge in [-0.15, -0.1) is 11.3 Å². The first-order valence-corrected chi connectivity index (χ1v) is 10.3. The molecule has 1 rings (SSSR count). The summed E-state index contributed by atoms with van der Waals surface area (Å²) in [5, 5.41) is 4.33. The molecule has 0 aliphatic rings. The van der Waals surface area contributed by atoms with E-state index in [1.807, 2.05) is 11.9 Å². The van der Waals surface area contributed by atoms with E-state index < -0.39 is 9.84 Å². The number of aryl methyl sites for hydroxylation is 1. The maximum atomic E-state index is 11.3. The first kappa shape index (κ1) is 18.4. The van der Waals surface area contributed by atoms with Gasteiger partial charge in [0, 0.05) is 31.3 Å². The quantitative estimate of drug-likeness (QED) is 0.664. The van der Waals surface area contributed by atoms with Crippen molar-refractivity contribution >= 4 is 26.3 Å². The Bertz CT molecular complexity index is 526. The second kappa shape index (κ2) is 8.70. The summed E-state index contributed by atoms with van der Waals surface area (Å²) >= 11 is 1.67. The van der Waals surface area contributed by atoms with Crippen LogP contribution in [-0.4, -0.2) is 45.5 Å². The van der Waals surface area contributed by atoms with E-state index in [4.69, 9.17) is 0 Å². The van der Waals surface area contributed by atoms with E-state index in [9.17, 15) is 8.42 Å². The molecule has 21 heavy (non-hydrogen) atoms. The van der Waals surface area contributed by atoms with Gasteiger partial charge in [-0.05, 0) is 19.4 Å². The van der Waals surface area contributed by atoms with E-state index in [0.717, 1.165) is 43.2 Å². The van der Waals surface area contributed by atoms with E-state index >= 15 is 0 Å². The molecule has 0 amide bonds. The summed E-state index contributed by atoms with van der Waals surface area (Å²) in [6.07, 6.45) is 4.42. The minimum absolute atomic E-state index is 0.162. The van der Waals surface area contributed by atoms with E-state index in [1.165, 1.54) is 11.1 Å². The summed E-state index contributed by atoms with van der Waals surface area (Å²) in [5.41, 5.74) is 1.15. The Hall–Kier alpha value is -0.660. The van der Waals surface area contributed by atoms with Gasteiger partial charge in [-0.2, -0.15) is 0 Å². The van der Waals surface area contributed by atoms with Gasteiger partial charge in [-0.25, -0.2) is 13.4 Å². The fraction of sp³-hybridized carbons (Fsp3) is 0.786. The molecule has 0 atom stereocenters. The van der Waals surface area contributed by atoms with Crippen molar-refractivity contribution in [3.8, 4) is 0 Å². The average Bonchev–Trinajstić information content (AvgIpc) is 2.79. The molecule has 0 saturated heterocycles. The Labute approximate surface area is 132 Å². The number of anilines is 1. The number of thiazole rings is 1. The number of nitrogens with one attached hydrogen (secondary N) is 1. The van der Waals surface area contributed by atoms with Crippen molar-refractivity contribution in [1.82, 2.24) is 10.3 Å². The molecule has 122 valence electrons. The topological polar surface area (TPSA) is 62.3 Å². The van der Waals surface area contributed by atoms with Crippen LogP contribution in [0.5, 0.6) is 0 Å². The molecule has 5 nitrogen and oxygen atoms in total. The van der Waals surface area contributed by atoms with Gasteiger partial charge >= 0.3 is 0 Å². The van der Waals surface area contributed by atoms with Crippen LogP contribution in [0.1, 0.15) is 37.3 Å². The average molecular weight is 334 g/mol. The molecular formula is C14H27N3O2S2. The first-order valence-electron chi connectivity index (χ1n) is 7.45. The normalized spacial score (nSPS) is 11.8. The third-order valence-electron chi connectivity index (χ3n) is 3.09. The zero-order valence-corrected chi connectivity index (χ0v) is 15.1. The van der Waals surface area contributed by atoms with Crippen LogP contribution in [0.2, 0.25) is 0 Å². The predicted molar refractivity (Wildman–Crippen MR) is 91.1 cm³/mol. The molecular weight excluding hydrogens is 306 g/mol. The highest BCUT2D eigenvalue weighted by molar-refractivity contribution is 7.90. The number of nitrogens with zero attached hydrogens (tertiary/aromatic N) is 2. The van der Waals surface area contributed by atoms with Gasteiger partial charge < -0.3 is 10.2 Å². The lowest BCUT2D eigenvalue weighted by Crippen LogP contribution is -2.24. The van der Waals surface area contributed by atoms with Gasteiger partial charge in [-0.1, -0.05) is 20.3 Å². The lowest BCUT2D eigenvalue weighted by Gasteiger charge is -2.14. The van der Waals surface area contributed by atoms with E-state index in [-0.39, 0.29) is 5.75 Å². The summed E-state index contributed by atoms with van der Waals surface area (Å²) in [6.45, 7) is 6.63. The van der Waals surface area contributed by atoms with Crippen LogP contribution in [-0.2, 0) is 22.8 Å². The Kier molecular flexibility index (Phi) is 7.62. The molecule has 0 radical (unpaired) electrons. The van der Waals surface area contributed by atoms with Gasteiger partial charge in [0.25, 0.3) is 0 Å². The molecule has 1 heterocycles. The molecule has 0 bridgehead atoms. The standard InChI is InChI=1S/C14H27N3O2S2/c1-5-7-12-13(11-15-8-6-2)20-14(16-12)17(3)9-10-21(4,18)19/h15H,5-11H2,1-4H3.